The topological polar surface area (TPSA) is 58.9 Å². The van der Waals surface area contributed by atoms with Gasteiger partial charge >= 0.3 is 0 Å². The Kier molecular flexibility index (Phi) is 7.07. The smallest absolute Gasteiger partial charge is 0.0718 e. The van der Waals surface area contributed by atoms with Gasteiger partial charge in [0.15, 0.2) is 0 Å². The summed E-state index contributed by atoms with van der Waals surface area (Å²) in [4.78, 5) is 0. The number of hydrogen-bond donors (Lipinski definition) is 2. The van der Waals surface area contributed by atoms with Crippen LogP contribution in [0.15, 0.2) is 97.1 Å². The molecule has 0 aliphatic heterocycles. The second kappa shape index (κ2) is 10.5. The zero-order valence-electron chi connectivity index (χ0n) is 19.7. The summed E-state index contributed by atoms with van der Waals surface area (Å²) in [5.74, 6) is 0. The molecule has 0 heterocycles. The molecule has 4 heteroatoms. The molecule has 1 aliphatic rings. The Morgan fingerprint density at radius 1 is 0.514 bits per heavy atom. The fourth-order valence-corrected chi connectivity index (χ4v) is 5.23. The third-order valence-electron chi connectivity index (χ3n) is 6.73. The summed E-state index contributed by atoms with van der Waals surface area (Å²) < 4.78 is 11.1. The minimum Gasteiger partial charge on any atom is -0.394 e. The number of hydrogen-bond acceptors (Lipinski definition) is 4. The van der Waals surface area contributed by atoms with Gasteiger partial charge in [0.25, 0.3) is 0 Å². The van der Waals surface area contributed by atoms with E-state index in [1.165, 1.54) is 33.4 Å². The molecule has 0 radical (unpaired) electrons. The SMILES string of the molecule is OCCOCc1ccc(C2(c3ccc(COCCO)cc3)c3ccccc3-c3ccccc32)cc1. The minimum atomic E-state index is -0.442. The van der Waals surface area contributed by atoms with E-state index >= 15 is 0 Å². The average Bonchev–Trinajstić information content (AvgIpc) is 3.21. The van der Waals surface area contributed by atoms with E-state index in [0.717, 1.165) is 11.1 Å². The van der Waals surface area contributed by atoms with Gasteiger partial charge < -0.3 is 19.7 Å². The van der Waals surface area contributed by atoms with Crippen molar-refractivity contribution in [3.63, 3.8) is 0 Å². The molecule has 35 heavy (non-hydrogen) atoms. The highest BCUT2D eigenvalue weighted by Gasteiger charge is 2.45. The molecule has 4 nitrogen and oxygen atoms in total. The van der Waals surface area contributed by atoms with E-state index in [-0.39, 0.29) is 13.2 Å². The summed E-state index contributed by atoms with van der Waals surface area (Å²) in [6, 6.07) is 34.7. The van der Waals surface area contributed by atoms with Crippen LogP contribution in [0.25, 0.3) is 11.1 Å². The molecule has 5 rings (SSSR count). The van der Waals surface area contributed by atoms with Crippen molar-refractivity contribution in [3.8, 4) is 11.1 Å². The zero-order chi connectivity index (χ0) is 24.1. The van der Waals surface area contributed by atoms with E-state index in [1.807, 2.05) is 0 Å². The molecule has 178 valence electrons. The Hall–Kier alpha value is -3.28. The summed E-state index contributed by atoms with van der Waals surface area (Å²) in [7, 11) is 0. The highest BCUT2D eigenvalue weighted by atomic mass is 16.5. The van der Waals surface area contributed by atoms with Gasteiger partial charge in [-0.1, -0.05) is 97.1 Å². The van der Waals surface area contributed by atoms with Gasteiger partial charge in [-0.25, -0.2) is 0 Å². The Morgan fingerprint density at radius 3 is 1.31 bits per heavy atom. The fourth-order valence-electron chi connectivity index (χ4n) is 5.23. The lowest BCUT2D eigenvalue weighted by Crippen LogP contribution is -2.28. The quantitative estimate of drug-likeness (QED) is 0.282. The fraction of sp³-hybridized carbons (Fsp3) is 0.226. The maximum Gasteiger partial charge on any atom is 0.0718 e. The van der Waals surface area contributed by atoms with Crippen molar-refractivity contribution in [2.75, 3.05) is 26.4 Å². The monoisotopic (exact) mass is 466 g/mol. The predicted octanol–water partition coefficient (Wildman–Crippen LogP) is 5.07. The maximum atomic E-state index is 9.01. The lowest BCUT2D eigenvalue weighted by atomic mass is 9.67. The van der Waals surface area contributed by atoms with Gasteiger partial charge in [-0.2, -0.15) is 0 Å². The van der Waals surface area contributed by atoms with Crippen molar-refractivity contribution >= 4 is 0 Å². The molecule has 0 unspecified atom stereocenters. The summed E-state index contributed by atoms with van der Waals surface area (Å²) in [6.07, 6.45) is 0. The van der Waals surface area contributed by atoms with Gasteiger partial charge in [0.05, 0.1) is 45.1 Å². The van der Waals surface area contributed by atoms with Crippen LogP contribution in [0.1, 0.15) is 33.4 Å². The van der Waals surface area contributed by atoms with Crippen LogP contribution in [-0.2, 0) is 28.1 Å². The first-order valence-electron chi connectivity index (χ1n) is 12.0. The first-order valence-corrected chi connectivity index (χ1v) is 12.0. The first-order chi connectivity index (χ1) is 17.3. The summed E-state index contributed by atoms with van der Waals surface area (Å²) in [6.45, 7) is 1.67. The molecule has 1 aliphatic carbocycles. The summed E-state index contributed by atoms with van der Waals surface area (Å²) in [5, 5.41) is 18.0. The van der Waals surface area contributed by atoms with Crippen LogP contribution < -0.4 is 0 Å². The molecule has 0 saturated heterocycles. The number of aliphatic hydroxyl groups is 2. The van der Waals surface area contributed by atoms with E-state index in [0.29, 0.717) is 26.4 Å². The highest BCUT2D eigenvalue weighted by molar-refractivity contribution is 5.86. The van der Waals surface area contributed by atoms with Crippen molar-refractivity contribution in [3.05, 3.63) is 130 Å². The normalized spacial score (nSPS) is 13.4. The standard InChI is InChI=1S/C31H30O4/c32-17-19-34-21-23-9-13-25(14-10-23)31(26-15-11-24(12-16-26)22-35-20-18-33)29-7-3-1-5-27(29)28-6-2-4-8-30(28)31/h1-16,32-33H,17-22H2. The van der Waals surface area contributed by atoms with Crippen molar-refractivity contribution in [1.82, 2.24) is 0 Å². The predicted molar refractivity (Wildman–Crippen MR) is 137 cm³/mol. The van der Waals surface area contributed by atoms with Crippen molar-refractivity contribution in [2.45, 2.75) is 18.6 Å². The summed E-state index contributed by atoms with van der Waals surface area (Å²) in [5.41, 5.74) is 9.17. The van der Waals surface area contributed by atoms with E-state index < -0.39 is 5.41 Å². The Bertz CT molecular complexity index is 1160. The zero-order valence-corrected chi connectivity index (χ0v) is 19.7. The van der Waals surface area contributed by atoms with Gasteiger partial charge in [-0.15, -0.1) is 0 Å². The van der Waals surface area contributed by atoms with Gasteiger partial charge in [-0.3, -0.25) is 0 Å². The Balaban J connectivity index is 1.64. The Morgan fingerprint density at radius 2 is 0.914 bits per heavy atom. The largest absolute Gasteiger partial charge is 0.394 e. The molecule has 4 aromatic rings. The van der Waals surface area contributed by atoms with E-state index in [1.54, 1.807) is 0 Å². The third kappa shape index (κ3) is 4.30. The number of rotatable bonds is 10. The Labute approximate surface area is 206 Å². The van der Waals surface area contributed by atoms with Crippen LogP contribution in [0.4, 0.5) is 0 Å². The molecular weight excluding hydrogens is 436 g/mol. The van der Waals surface area contributed by atoms with Gasteiger partial charge in [-0.05, 0) is 44.5 Å². The molecule has 0 bridgehead atoms. The molecule has 2 N–H and O–H groups in total. The van der Waals surface area contributed by atoms with Gasteiger partial charge in [0, 0.05) is 0 Å². The second-order valence-electron chi connectivity index (χ2n) is 8.79. The molecule has 0 spiro atoms. The molecule has 4 aromatic carbocycles. The lowest BCUT2D eigenvalue weighted by Gasteiger charge is -2.34. The third-order valence-corrected chi connectivity index (χ3v) is 6.73. The molecule has 0 aromatic heterocycles. The minimum absolute atomic E-state index is 0.0236. The van der Waals surface area contributed by atoms with E-state index in [9.17, 15) is 0 Å². The van der Waals surface area contributed by atoms with E-state index in [2.05, 4.69) is 97.1 Å². The van der Waals surface area contributed by atoms with E-state index in [4.69, 9.17) is 19.7 Å². The average molecular weight is 467 g/mol. The van der Waals surface area contributed by atoms with Crippen LogP contribution in [0.3, 0.4) is 0 Å². The number of benzene rings is 4. The molecule has 0 saturated carbocycles. The maximum absolute atomic E-state index is 9.01. The van der Waals surface area contributed by atoms with Crippen molar-refractivity contribution in [1.29, 1.82) is 0 Å². The van der Waals surface area contributed by atoms with Crippen molar-refractivity contribution < 1.29 is 19.7 Å². The van der Waals surface area contributed by atoms with Gasteiger partial charge in [0.1, 0.15) is 0 Å². The van der Waals surface area contributed by atoms with Crippen LogP contribution in [0.5, 0.6) is 0 Å². The number of fused-ring (bicyclic) bond motifs is 3. The summed E-state index contributed by atoms with van der Waals surface area (Å²) >= 11 is 0. The van der Waals surface area contributed by atoms with Crippen LogP contribution in [-0.4, -0.2) is 36.6 Å². The number of ether oxygens (including phenoxy) is 2. The lowest BCUT2D eigenvalue weighted by molar-refractivity contribution is 0.0815. The van der Waals surface area contributed by atoms with Crippen molar-refractivity contribution in [2.24, 2.45) is 0 Å². The molecule has 0 atom stereocenters. The molecular formula is C31H30O4. The second-order valence-corrected chi connectivity index (χ2v) is 8.79. The first kappa shape index (κ1) is 23.5. The van der Waals surface area contributed by atoms with Crippen LogP contribution in [0, 0.1) is 0 Å². The number of aliphatic hydroxyl groups excluding tert-OH is 2. The molecule has 0 fully saturated rings. The highest BCUT2D eigenvalue weighted by Crippen LogP contribution is 2.55. The van der Waals surface area contributed by atoms with Crippen LogP contribution in [0.2, 0.25) is 0 Å². The van der Waals surface area contributed by atoms with Crippen LogP contribution >= 0.6 is 0 Å². The van der Waals surface area contributed by atoms with Gasteiger partial charge in [0.2, 0.25) is 0 Å². The molecule has 0 amide bonds.